The Bertz CT molecular complexity index is 4350. The lowest BCUT2D eigenvalue weighted by Crippen LogP contribution is -2.51. The van der Waals surface area contributed by atoms with Crippen molar-refractivity contribution in [3.05, 3.63) is 213 Å². The Labute approximate surface area is 673 Å². The number of carbonyl (C=O) groups excluding carboxylic acids is 8. The van der Waals surface area contributed by atoms with E-state index >= 15 is 0 Å². The average molecular weight is 1620 g/mol. The number of pyridine rings is 4. The molecular weight excluding hydrogens is 1530 g/mol. The lowest BCUT2D eigenvalue weighted by molar-refractivity contribution is -0.0153. The van der Waals surface area contributed by atoms with Crippen LogP contribution in [0, 0.1) is 0 Å². The fraction of sp³-hybridized carbons (Fsp3) is 0.373. The van der Waals surface area contributed by atoms with E-state index in [0.717, 1.165) is 11.5 Å². The first-order valence-electron chi connectivity index (χ1n) is 37.2. The summed E-state index contributed by atoms with van der Waals surface area (Å²) < 4.78 is 34.3. The number of aromatic hydroxyl groups is 4. The van der Waals surface area contributed by atoms with Crippen LogP contribution in [0.5, 0.6) is 46.0 Å². The third-order valence-corrected chi connectivity index (χ3v) is 21.0. The SMILES string of the molecule is CC(=O)c1c(O)cccc1OC[C@@H]1COCCN1C(=O)c1cccnc1CCO.CC(=O)c1c(O)cccc1OC[C@@H]1COCCN1C(=O)c1cccnc1CO.CC(=O)c1c(O)cccc1OC[C@@H]1CSCCN1C(=O)c1cccnc1CCO.CC(=O)c1c(O)cccc1OC[C@H]1CSCCN1C(=O)c1cccnc1CCO. The summed E-state index contributed by atoms with van der Waals surface area (Å²) in [6.07, 6.45) is 7.26. The van der Waals surface area contributed by atoms with Crippen LogP contribution in [0.3, 0.4) is 0 Å². The number of phenols is 4. The standard InChI is InChI=1S/C21H24N2O6.2C21H24N2O5S.C20H22N2O6/c1-14(25)20-18(26)5-2-6-19(20)29-13-15-12-28-11-9-23(15)21(27)16-4-3-8-22-17(16)7-10-24;2*1-14(25)20-18(26)5-2-6-19(20)28-12-15-13-29-11-9-23(15)21(27)16-4-3-8-22-17(16)7-10-24;1-13(24)19-17(25)5-2-6-18(19)28-12-14-11-27-9-8-22(14)20(26)15-4-3-7-21-16(15)10-23/h3*2-6,8,15,24,26H,7,9-13H2,1H3;2-7,14,23,25H,8-12H2,1H3/t3*15-;14-/m0100/s1. The number of hydrogen-bond donors (Lipinski definition) is 8. The Kier molecular flexibility index (Phi) is 33.6. The number of Topliss-reactive ketones (excluding diaryl/α,β-unsaturated/α-hetero) is 4. The summed E-state index contributed by atoms with van der Waals surface area (Å²) in [5, 5.41) is 77.0. The van der Waals surface area contributed by atoms with Gasteiger partial charge in [-0.05, 0) is 125 Å². The lowest BCUT2D eigenvalue weighted by Gasteiger charge is -2.35. The third kappa shape index (κ3) is 23.3. The first-order chi connectivity index (χ1) is 55.6. The molecule has 32 heteroatoms. The Morgan fingerprint density at radius 2 is 0.643 bits per heavy atom. The maximum Gasteiger partial charge on any atom is 0.256 e. The van der Waals surface area contributed by atoms with Gasteiger partial charge in [-0.1, -0.05) is 24.3 Å². The number of morpholine rings is 2. The van der Waals surface area contributed by atoms with Crippen LogP contribution >= 0.6 is 23.5 Å². The molecule has 4 amide bonds. The maximum absolute atomic E-state index is 13.2. The van der Waals surface area contributed by atoms with Crippen LogP contribution in [0.2, 0.25) is 0 Å². The lowest BCUT2D eigenvalue weighted by atomic mass is 10.1. The average Bonchev–Trinajstić information content (AvgIpc) is 0.820. The normalized spacial score (nSPS) is 16.5. The zero-order chi connectivity index (χ0) is 82.5. The molecule has 8 heterocycles. The predicted molar refractivity (Wildman–Crippen MR) is 425 cm³/mol. The molecule has 115 heavy (non-hydrogen) atoms. The van der Waals surface area contributed by atoms with Gasteiger partial charge in [0.2, 0.25) is 0 Å². The van der Waals surface area contributed by atoms with Crippen molar-refractivity contribution in [3.63, 3.8) is 0 Å². The van der Waals surface area contributed by atoms with Crippen LogP contribution in [0.15, 0.2) is 146 Å². The monoisotopic (exact) mass is 1620 g/mol. The quantitative estimate of drug-likeness (QED) is 0.0236. The van der Waals surface area contributed by atoms with E-state index < -0.39 is 6.04 Å². The first kappa shape index (κ1) is 87.9. The number of aliphatic hydroxyl groups is 4. The van der Waals surface area contributed by atoms with Gasteiger partial charge in [0.1, 0.15) is 94.7 Å². The van der Waals surface area contributed by atoms with Crippen molar-refractivity contribution in [2.45, 2.75) is 77.7 Å². The summed E-state index contributed by atoms with van der Waals surface area (Å²) in [5.41, 5.74) is 4.25. The number of ether oxygens (including phenoxy) is 6. The zero-order valence-electron chi connectivity index (χ0n) is 64.1. The second-order valence-corrected chi connectivity index (χ2v) is 28.8. The molecule has 8 N–H and O–H groups in total. The Morgan fingerprint density at radius 1 is 0.374 bits per heavy atom. The summed E-state index contributed by atoms with van der Waals surface area (Å²) in [7, 11) is 0. The maximum atomic E-state index is 13.2. The van der Waals surface area contributed by atoms with Gasteiger partial charge in [0.15, 0.2) is 23.1 Å². The van der Waals surface area contributed by atoms with Gasteiger partial charge in [-0.2, -0.15) is 23.5 Å². The number of amides is 4. The number of phenolic OH excluding ortho intramolecular Hbond substituents is 4. The van der Waals surface area contributed by atoms with Crippen molar-refractivity contribution in [1.29, 1.82) is 0 Å². The third-order valence-electron chi connectivity index (χ3n) is 18.8. The topological polar surface area (TPSA) is 418 Å². The first-order valence-corrected chi connectivity index (χ1v) is 39.5. The van der Waals surface area contributed by atoms with Gasteiger partial charge in [0.05, 0.1) is 102 Å². The Balaban J connectivity index is 0.000000175. The Hall–Kier alpha value is -11.1. The molecule has 30 nitrogen and oxygen atoms in total. The minimum Gasteiger partial charge on any atom is -0.507 e. The molecule has 4 aromatic heterocycles. The molecule has 4 aliphatic rings. The number of carbonyl (C=O) groups is 8. The molecule has 4 fully saturated rings. The van der Waals surface area contributed by atoms with Crippen molar-refractivity contribution in [3.8, 4) is 46.0 Å². The number of aromatic nitrogens is 4. The minimum absolute atomic E-state index is 0.0784. The summed E-state index contributed by atoms with van der Waals surface area (Å²) in [6.45, 7) is 8.72. The molecule has 0 saturated carbocycles. The summed E-state index contributed by atoms with van der Waals surface area (Å²) in [4.78, 5) is 123. The van der Waals surface area contributed by atoms with Crippen LogP contribution in [0.4, 0.5) is 0 Å². The number of rotatable bonds is 27. The number of nitrogens with zero attached hydrogens (tertiary/aromatic N) is 8. The number of benzene rings is 4. The predicted octanol–water partition coefficient (Wildman–Crippen LogP) is 7.17. The molecular formula is C83H94N8O22S2. The molecule has 610 valence electrons. The Morgan fingerprint density at radius 3 is 0.922 bits per heavy atom. The van der Waals surface area contributed by atoms with Gasteiger partial charge in [-0.25, -0.2) is 0 Å². The molecule has 0 spiro atoms. The van der Waals surface area contributed by atoms with Crippen LogP contribution in [0.25, 0.3) is 0 Å². The number of aliphatic hydroxyl groups excluding tert-OH is 4. The molecule has 0 bridgehead atoms. The van der Waals surface area contributed by atoms with Crippen molar-refractivity contribution in [2.75, 3.05) is 122 Å². The molecule has 4 atom stereocenters. The zero-order valence-corrected chi connectivity index (χ0v) is 65.7. The van der Waals surface area contributed by atoms with Crippen LogP contribution in [-0.4, -0.2) is 273 Å². The van der Waals surface area contributed by atoms with E-state index in [9.17, 15) is 79.2 Å². The van der Waals surface area contributed by atoms with Crippen molar-refractivity contribution in [1.82, 2.24) is 39.5 Å². The van der Waals surface area contributed by atoms with E-state index in [0.29, 0.717) is 127 Å². The van der Waals surface area contributed by atoms with Gasteiger partial charge in [0, 0.05) is 113 Å². The number of thioether (sulfide) groups is 2. The summed E-state index contributed by atoms with van der Waals surface area (Å²) in [6, 6.07) is 31.0. The highest BCUT2D eigenvalue weighted by molar-refractivity contribution is 7.99. The van der Waals surface area contributed by atoms with Gasteiger partial charge in [0.25, 0.3) is 23.6 Å². The van der Waals surface area contributed by atoms with E-state index in [-0.39, 0.29) is 188 Å². The molecule has 8 aromatic rings. The number of ketones is 4. The van der Waals surface area contributed by atoms with Crippen molar-refractivity contribution >= 4 is 70.3 Å². The summed E-state index contributed by atoms with van der Waals surface area (Å²) in [5.74, 6) is 1.69. The molecule has 0 radical (unpaired) electrons. The highest BCUT2D eigenvalue weighted by Gasteiger charge is 2.36. The largest absolute Gasteiger partial charge is 0.507 e. The van der Waals surface area contributed by atoms with E-state index in [4.69, 9.17) is 28.4 Å². The van der Waals surface area contributed by atoms with Gasteiger partial charge in [-0.3, -0.25) is 58.3 Å². The van der Waals surface area contributed by atoms with Crippen molar-refractivity contribution < 1.29 is 108 Å². The molecule has 0 aliphatic carbocycles. The molecule has 4 saturated heterocycles. The number of hydrogen-bond acceptors (Lipinski definition) is 28. The fourth-order valence-electron chi connectivity index (χ4n) is 13.2. The van der Waals surface area contributed by atoms with E-state index in [1.807, 2.05) is 0 Å². The highest BCUT2D eigenvalue weighted by Crippen LogP contribution is 2.34. The van der Waals surface area contributed by atoms with Gasteiger partial charge < -0.3 is 88.9 Å². The molecule has 4 aromatic carbocycles. The molecule has 12 rings (SSSR count). The summed E-state index contributed by atoms with van der Waals surface area (Å²) >= 11 is 3.47. The molecule has 0 unspecified atom stereocenters. The second-order valence-electron chi connectivity index (χ2n) is 26.5. The van der Waals surface area contributed by atoms with Crippen molar-refractivity contribution in [2.24, 2.45) is 0 Å². The smallest absolute Gasteiger partial charge is 0.256 e. The van der Waals surface area contributed by atoms with Gasteiger partial charge >= 0.3 is 0 Å². The second kappa shape index (κ2) is 44.0. The highest BCUT2D eigenvalue weighted by atomic mass is 32.2. The van der Waals surface area contributed by atoms with Crippen LogP contribution in [0.1, 0.15) is 133 Å². The van der Waals surface area contributed by atoms with E-state index in [2.05, 4.69) is 19.9 Å². The van der Waals surface area contributed by atoms with Crippen LogP contribution < -0.4 is 18.9 Å². The van der Waals surface area contributed by atoms with Gasteiger partial charge in [-0.15, -0.1) is 0 Å². The van der Waals surface area contributed by atoms with E-state index in [1.165, 1.54) is 58.2 Å². The minimum atomic E-state index is -0.393. The fourth-order valence-corrected chi connectivity index (χ4v) is 15.2. The van der Waals surface area contributed by atoms with E-state index in [1.54, 1.807) is 159 Å². The van der Waals surface area contributed by atoms with Crippen LogP contribution in [-0.2, 0) is 35.3 Å². The molecule has 4 aliphatic heterocycles.